The molecule has 3 aromatic rings. The van der Waals surface area contributed by atoms with Crippen LogP contribution in [0.2, 0.25) is 0 Å². The van der Waals surface area contributed by atoms with Crippen molar-refractivity contribution in [2.24, 2.45) is 5.73 Å². The van der Waals surface area contributed by atoms with Crippen LogP contribution in [0.25, 0.3) is 11.1 Å². The van der Waals surface area contributed by atoms with E-state index in [9.17, 15) is 9.18 Å². The van der Waals surface area contributed by atoms with E-state index in [1.807, 2.05) is 18.2 Å². The third kappa shape index (κ3) is 2.82. The number of benzene rings is 2. The Balaban J connectivity index is 1.62. The van der Waals surface area contributed by atoms with Crippen LogP contribution in [0.3, 0.4) is 0 Å². The van der Waals surface area contributed by atoms with Gasteiger partial charge in [-0.15, -0.1) is 0 Å². The number of halogens is 1. The van der Waals surface area contributed by atoms with E-state index in [1.165, 1.54) is 24.3 Å². The molecule has 1 fully saturated rings. The SMILES string of the molecule is NC(=O)[C@@H](Nc1ccc2oc(C3CC3)nc2c1)c1ccc(F)cc1. The zero-order chi connectivity index (χ0) is 16.7. The van der Waals surface area contributed by atoms with Gasteiger partial charge in [0.05, 0.1) is 0 Å². The molecule has 0 unspecified atom stereocenters. The number of nitrogens with one attached hydrogen (secondary N) is 1. The zero-order valence-corrected chi connectivity index (χ0v) is 12.8. The van der Waals surface area contributed by atoms with E-state index in [2.05, 4.69) is 10.3 Å². The zero-order valence-electron chi connectivity index (χ0n) is 12.8. The lowest BCUT2D eigenvalue weighted by molar-refractivity contribution is -0.118. The number of carbonyl (C=O) groups is 1. The molecular weight excluding hydrogens is 309 g/mol. The summed E-state index contributed by atoms with van der Waals surface area (Å²) in [4.78, 5) is 16.3. The van der Waals surface area contributed by atoms with Gasteiger partial charge in [0.2, 0.25) is 5.91 Å². The van der Waals surface area contributed by atoms with Crippen LogP contribution in [-0.4, -0.2) is 10.9 Å². The maximum absolute atomic E-state index is 13.1. The summed E-state index contributed by atoms with van der Waals surface area (Å²) in [6.07, 6.45) is 2.23. The molecule has 1 aliphatic carbocycles. The van der Waals surface area contributed by atoms with Crippen LogP contribution in [-0.2, 0) is 4.79 Å². The van der Waals surface area contributed by atoms with Crippen molar-refractivity contribution in [3.05, 3.63) is 59.7 Å². The molecule has 24 heavy (non-hydrogen) atoms. The highest BCUT2D eigenvalue weighted by atomic mass is 19.1. The first kappa shape index (κ1) is 14.7. The number of hydrogen-bond donors (Lipinski definition) is 2. The second-order valence-corrected chi connectivity index (χ2v) is 6.04. The van der Waals surface area contributed by atoms with Crippen molar-refractivity contribution in [2.45, 2.75) is 24.8 Å². The number of nitrogens with two attached hydrogens (primary N) is 1. The highest BCUT2D eigenvalue weighted by Crippen LogP contribution is 2.40. The Bertz CT molecular complexity index is 900. The Morgan fingerprint density at radius 2 is 2.00 bits per heavy atom. The van der Waals surface area contributed by atoms with Gasteiger partial charge in [0.1, 0.15) is 17.4 Å². The van der Waals surface area contributed by atoms with Crippen molar-refractivity contribution in [3.63, 3.8) is 0 Å². The summed E-state index contributed by atoms with van der Waals surface area (Å²) in [6.45, 7) is 0. The van der Waals surface area contributed by atoms with Crippen LogP contribution in [0.5, 0.6) is 0 Å². The Labute approximate surface area is 137 Å². The standard InChI is InChI=1S/C18H16FN3O2/c19-12-5-3-10(4-6-12)16(17(20)23)21-13-7-8-15-14(9-13)22-18(24-15)11-1-2-11/h3-9,11,16,21H,1-2H2,(H2,20,23)/t16-/m0/s1. The molecule has 0 aliphatic heterocycles. The van der Waals surface area contributed by atoms with Gasteiger partial charge in [-0.1, -0.05) is 12.1 Å². The Morgan fingerprint density at radius 1 is 1.25 bits per heavy atom. The normalized spacial score (nSPS) is 15.4. The predicted octanol–water partition coefficient (Wildman–Crippen LogP) is 3.48. The molecule has 1 saturated carbocycles. The largest absolute Gasteiger partial charge is 0.440 e. The van der Waals surface area contributed by atoms with Gasteiger partial charge >= 0.3 is 0 Å². The number of amides is 1. The first-order valence-corrected chi connectivity index (χ1v) is 7.82. The number of aromatic nitrogens is 1. The van der Waals surface area contributed by atoms with Gasteiger partial charge in [-0.25, -0.2) is 9.37 Å². The second-order valence-electron chi connectivity index (χ2n) is 6.04. The fourth-order valence-corrected chi connectivity index (χ4v) is 2.68. The van der Waals surface area contributed by atoms with Gasteiger partial charge < -0.3 is 15.5 Å². The van der Waals surface area contributed by atoms with Crippen LogP contribution in [0, 0.1) is 5.82 Å². The minimum absolute atomic E-state index is 0.362. The summed E-state index contributed by atoms with van der Waals surface area (Å²) in [5.74, 6) is 0.303. The number of anilines is 1. The topological polar surface area (TPSA) is 81.2 Å². The number of nitrogens with zero attached hydrogens (tertiary/aromatic N) is 1. The average Bonchev–Trinajstić information content (AvgIpc) is 3.33. The summed E-state index contributed by atoms with van der Waals surface area (Å²) in [5.41, 5.74) is 8.25. The van der Waals surface area contributed by atoms with Crippen LogP contribution in [0.1, 0.15) is 36.3 Å². The summed E-state index contributed by atoms with van der Waals surface area (Å²) < 4.78 is 18.8. The summed E-state index contributed by atoms with van der Waals surface area (Å²) in [5, 5.41) is 3.08. The lowest BCUT2D eigenvalue weighted by atomic mass is 10.1. The molecule has 122 valence electrons. The molecule has 0 radical (unpaired) electrons. The third-order valence-electron chi connectivity index (χ3n) is 4.13. The van der Waals surface area contributed by atoms with E-state index in [4.69, 9.17) is 10.2 Å². The maximum atomic E-state index is 13.1. The lowest BCUT2D eigenvalue weighted by Crippen LogP contribution is -2.27. The lowest BCUT2D eigenvalue weighted by Gasteiger charge is -2.17. The van der Waals surface area contributed by atoms with Crippen LogP contribution < -0.4 is 11.1 Å². The number of carbonyl (C=O) groups excluding carboxylic acids is 1. The van der Waals surface area contributed by atoms with E-state index in [-0.39, 0.29) is 5.82 Å². The highest BCUT2D eigenvalue weighted by molar-refractivity contribution is 5.86. The summed E-state index contributed by atoms with van der Waals surface area (Å²) >= 11 is 0. The number of fused-ring (bicyclic) bond motifs is 1. The maximum Gasteiger partial charge on any atom is 0.244 e. The van der Waals surface area contributed by atoms with Crippen molar-refractivity contribution in [2.75, 3.05) is 5.32 Å². The molecule has 1 aromatic heterocycles. The van der Waals surface area contributed by atoms with Gasteiger partial charge in [0.15, 0.2) is 11.5 Å². The van der Waals surface area contributed by atoms with E-state index in [0.29, 0.717) is 17.2 Å². The van der Waals surface area contributed by atoms with Gasteiger partial charge in [-0.05, 0) is 48.7 Å². The fourth-order valence-electron chi connectivity index (χ4n) is 2.68. The van der Waals surface area contributed by atoms with Crippen molar-refractivity contribution >= 4 is 22.7 Å². The van der Waals surface area contributed by atoms with E-state index >= 15 is 0 Å². The number of rotatable bonds is 5. The van der Waals surface area contributed by atoms with Crippen LogP contribution >= 0.6 is 0 Å². The smallest absolute Gasteiger partial charge is 0.244 e. The van der Waals surface area contributed by atoms with E-state index in [0.717, 1.165) is 29.8 Å². The molecule has 0 spiro atoms. The van der Waals surface area contributed by atoms with E-state index in [1.54, 1.807) is 0 Å². The minimum atomic E-state index is -0.752. The molecule has 0 bridgehead atoms. The van der Waals surface area contributed by atoms with Gasteiger partial charge in [0.25, 0.3) is 0 Å². The molecule has 4 rings (SSSR count). The van der Waals surface area contributed by atoms with Gasteiger partial charge in [-0.2, -0.15) is 0 Å². The molecule has 0 saturated heterocycles. The molecule has 3 N–H and O–H groups in total. The van der Waals surface area contributed by atoms with Gasteiger partial charge in [-0.3, -0.25) is 4.79 Å². The Morgan fingerprint density at radius 3 is 2.67 bits per heavy atom. The molecule has 1 heterocycles. The third-order valence-corrected chi connectivity index (χ3v) is 4.13. The molecule has 1 aliphatic rings. The second kappa shape index (κ2) is 5.63. The van der Waals surface area contributed by atoms with Crippen molar-refractivity contribution in [3.8, 4) is 0 Å². The Kier molecular flexibility index (Phi) is 3.45. The molecule has 1 atom stereocenters. The summed E-state index contributed by atoms with van der Waals surface area (Å²) in [6, 6.07) is 10.4. The van der Waals surface area contributed by atoms with Crippen LogP contribution in [0.4, 0.5) is 10.1 Å². The molecule has 1 amide bonds. The fraction of sp³-hybridized carbons (Fsp3) is 0.222. The van der Waals surface area contributed by atoms with Crippen molar-refractivity contribution < 1.29 is 13.6 Å². The highest BCUT2D eigenvalue weighted by Gasteiger charge is 2.29. The average molecular weight is 325 g/mol. The monoisotopic (exact) mass is 325 g/mol. The number of oxazole rings is 1. The Hall–Kier alpha value is -2.89. The molecular formula is C18H16FN3O2. The number of primary amides is 1. The minimum Gasteiger partial charge on any atom is -0.440 e. The quantitative estimate of drug-likeness (QED) is 0.752. The summed E-state index contributed by atoms with van der Waals surface area (Å²) in [7, 11) is 0. The molecule has 5 nitrogen and oxygen atoms in total. The van der Waals surface area contributed by atoms with Crippen LogP contribution in [0.15, 0.2) is 46.9 Å². The van der Waals surface area contributed by atoms with Gasteiger partial charge in [0, 0.05) is 11.6 Å². The first-order chi connectivity index (χ1) is 11.6. The predicted molar refractivity (Wildman–Crippen MR) is 87.9 cm³/mol. The number of hydrogen-bond acceptors (Lipinski definition) is 4. The molecule has 2 aromatic carbocycles. The van der Waals surface area contributed by atoms with E-state index < -0.39 is 11.9 Å². The molecule has 6 heteroatoms. The first-order valence-electron chi connectivity index (χ1n) is 7.82. The van der Waals surface area contributed by atoms with Crippen molar-refractivity contribution in [1.29, 1.82) is 0 Å². The van der Waals surface area contributed by atoms with Crippen molar-refractivity contribution in [1.82, 2.24) is 4.98 Å².